The van der Waals surface area contributed by atoms with E-state index in [4.69, 9.17) is 5.73 Å². The van der Waals surface area contributed by atoms with E-state index in [1.165, 1.54) is 16.9 Å². The summed E-state index contributed by atoms with van der Waals surface area (Å²) >= 11 is 1.41. The number of rotatable bonds is 7. The van der Waals surface area contributed by atoms with Crippen molar-refractivity contribution in [3.63, 3.8) is 0 Å². The highest BCUT2D eigenvalue weighted by atomic mass is 32.1. The Kier molecular flexibility index (Phi) is 5.87. The summed E-state index contributed by atoms with van der Waals surface area (Å²) < 4.78 is 0. The van der Waals surface area contributed by atoms with Crippen LogP contribution in [0.15, 0.2) is 35.7 Å². The van der Waals surface area contributed by atoms with Crippen LogP contribution in [0.4, 0.5) is 0 Å². The molecule has 1 aromatic heterocycles. The molecule has 2 aromatic rings. The third kappa shape index (κ3) is 5.13. The molecule has 0 fully saturated rings. The number of amides is 1. The van der Waals surface area contributed by atoms with Crippen LogP contribution >= 0.6 is 11.3 Å². The normalized spacial score (nSPS) is 12.9. The number of nitrogens with zero attached hydrogens (tertiary/aromatic N) is 1. The van der Waals surface area contributed by atoms with Crippen molar-refractivity contribution in [3.05, 3.63) is 52.0 Å². The van der Waals surface area contributed by atoms with Crippen LogP contribution in [-0.2, 0) is 6.54 Å². The van der Waals surface area contributed by atoms with Gasteiger partial charge in [0, 0.05) is 30.1 Å². The average molecular weight is 332 g/mol. The van der Waals surface area contributed by atoms with Gasteiger partial charge in [-0.05, 0) is 26.3 Å². The third-order valence-corrected chi connectivity index (χ3v) is 4.43. The lowest BCUT2D eigenvalue weighted by Crippen LogP contribution is -2.49. The number of benzene rings is 1. The highest BCUT2D eigenvalue weighted by Crippen LogP contribution is 2.16. The minimum atomic E-state index is -0.238. The minimum absolute atomic E-state index is 0.164. The van der Waals surface area contributed by atoms with Crippen LogP contribution in [0.1, 0.15) is 47.9 Å². The van der Waals surface area contributed by atoms with Crippen LogP contribution < -0.4 is 16.4 Å². The fourth-order valence-electron chi connectivity index (χ4n) is 2.36. The number of thiazole rings is 1. The molecular weight excluding hydrogens is 308 g/mol. The molecule has 23 heavy (non-hydrogen) atoms. The number of carbonyl (C=O) groups excluding carboxylic acids is 1. The highest BCUT2D eigenvalue weighted by molar-refractivity contribution is 7.09. The van der Waals surface area contributed by atoms with Crippen LogP contribution in [0.3, 0.4) is 0 Å². The number of hydrogen-bond donors (Lipinski definition) is 3. The van der Waals surface area contributed by atoms with Crippen molar-refractivity contribution in [3.8, 4) is 0 Å². The summed E-state index contributed by atoms with van der Waals surface area (Å²) in [5, 5.41) is 8.99. The monoisotopic (exact) mass is 332 g/mol. The van der Waals surface area contributed by atoms with Gasteiger partial charge in [0.15, 0.2) is 0 Å². The second kappa shape index (κ2) is 7.68. The van der Waals surface area contributed by atoms with Gasteiger partial charge >= 0.3 is 0 Å². The maximum absolute atomic E-state index is 12.1. The number of nitrogens with two attached hydrogens (primary N) is 1. The Bertz CT molecular complexity index is 639. The topological polar surface area (TPSA) is 80.0 Å². The molecule has 0 aliphatic heterocycles. The lowest BCUT2D eigenvalue weighted by molar-refractivity contribution is 0.0936. The van der Waals surface area contributed by atoms with E-state index in [1.54, 1.807) is 5.38 Å². The third-order valence-electron chi connectivity index (χ3n) is 3.56. The largest absolute Gasteiger partial charge is 0.349 e. The molecular formula is C17H24N4OS. The molecule has 0 radical (unpaired) electrons. The van der Waals surface area contributed by atoms with E-state index in [0.29, 0.717) is 18.8 Å². The molecule has 1 unspecified atom stereocenters. The number of carbonyl (C=O) groups is 1. The number of nitrogens with one attached hydrogen (secondary N) is 2. The predicted octanol–water partition coefficient (Wildman–Crippen LogP) is 2.46. The Labute approximate surface area is 141 Å². The maximum Gasteiger partial charge on any atom is 0.270 e. The molecule has 2 rings (SSSR count). The molecule has 0 saturated carbocycles. The quantitative estimate of drug-likeness (QED) is 0.727. The van der Waals surface area contributed by atoms with Crippen LogP contribution in [0, 0.1) is 0 Å². The standard InChI is InChI=1S/C17H24N4OS/c1-12(13-7-5-4-6-8-13)21-17(2,3)11-19-16(22)14-10-23-15(9-18)20-14/h4-8,10,12,21H,9,11,18H2,1-3H3,(H,19,22). The highest BCUT2D eigenvalue weighted by Gasteiger charge is 2.22. The number of hydrogen-bond acceptors (Lipinski definition) is 5. The first-order valence-corrected chi connectivity index (χ1v) is 8.54. The molecule has 0 spiro atoms. The first-order chi connectivity index (χ1) is 10.9. The van der Waals surface area contributed by atoms with Gasteiger partial charge in [-0.3, -0.25) is 4.79 Å². The van der Waals surface area contributed by atoms with Crippen molar-refractivity contribution < 1.29 is 4.79 Å². The van der Waals surface area contributed by atoms with Crippen molar-refractivity contribution in [1.29, 1.82) is 0 Å². The molecule has 1 heterocycles. The van der Waals surface area contributed by atoms with Crippen LogP contribution in [0.5, 0.6) is 0 Å². The van der Waals surface area contributed by atoms with Gasteiger partial charge in [0.05, 0.1) is 0 Å². The first-order valence-electron chi connectivity index (χ1n) is 7.66. The molecule has 0 aliphatic carbocycles. The Morgan fingerprint density at radius 1 is 1.35 bits per heavy atom. The molecule has 0 bridgehead atoms. The van der Waals surface area contributed by atoms with Crippen LogP contribution in [-0.4, -0.2) is 23.0 Å². The smallest absolute Gasteiger partial charge is 0.270 e. The minimum Gasteiger partial charge on any atom is -0.349 e. The summed E-state index contributed by atoms with van der Waals surface area (Å²) in [6.07, 6.45) is 0. The molecule has 124 valence electrons. The second-order valence-electron chi connectivity index (χ2n) is 6.17. The Morgan fingerprint density at radius 2 is 2.04 bits per heavy atom. The van der Waals surface area contributed by atoms with Gasteiger partial charge in [-0.25, -0.2) is 4.98 Å². The van der Waals surface area contributed by atoms with Crippen molar-refractivity contribution in [2.45, 2.75) is 38.9 Å². The number of aromatic nitrogens is 1. The van der Waals surface area contributed by atoms with Crippen LogP contribution in [0.2, 0.25) is 0 Å². The summed E-state index contributed by atoms with van der Waals surface area (Å²) in [5.74, 6) is -0.164. The lowest BCUT2D eigenvalue weighted by atomic mass is 10.0. The fourth-order valence-corrected chi connectivity index (χ4v) is 3.02. The van der Waals surface area contributed by atoms with E-state index in [2.05, 4.69) is 48.5 Å². The van der Waals surface area contributed by atoms with Gasteiger partial charge in [-0.15, -0.1) is 11.3 Å². The van der Waals surface area contributed by atoms with E-state index in [-0.39, 0.29) is 17.5 Å². The summed E-state index contributed by atoms with van der Waals surface area (Å²) in [6, 6.07) is 10.4. The summed E-state index contributed by atoms with van der Waals surface area (Å²) in [4.78, 5) is 16.3. The molecule has 1 aromatic carbocycles. The molecule has 1 amide bonds. The average Bonchev–Trinajstić information content (AvgIpc) is 3.02. The van der Waals surface area contributed by atoms with E-state index < -0.39 is 0 Å². The van der Waals surface area contributed by atoms with E-state index in [1.807, 2.05) is 18.2 Å². The molecule has 0 saturated heterocycles. The van der Waals surface area contributed by atoms with E-state index >= 15 is 0 Å². The maximum atomic E-state index is 12.1. The molecule has 1 atom stereocenters. The van der Waals surface area contributed by atoms with Crippen molar-refractivity contribution in [2.24, 2.45) is 5.73 Å². The Hall–Kier alpha value is -1.76. The molecule has 0 aliphatic rings. The van der Waals surface area contributed by atoms with Gasteiger partial charge in [-0.1, -0.05) is 30.3 Å². The molecule has 4 N–H and O–H groups in total. The van der Waals surface area contributed by atoms with Crippen molar-refractivity contribution in [1.82, 2.24) is 15.6 Å². The van der Waals surface area contributed by atoms with E-state index in [0.717, 1.165) is 5.01 Å². The van der Waals surface area contributed by atoms with Gasteiger partial charge in [0.25, 0.3) is 5.91 Å². The summed E-state index contributed by atoms with van der Waals surface area (Å²) in [6.45, 7) is 7.13. The zero-order valence-corrected chi connectivity index (χ0v) is 14.6. The zero-order valence-electron chi connectivity index (χ0n) is 13.8. The van der Waals surface area contributed by atoms with Crippen molar-refractivity contribution >= 4 is 17.2 Å². The fraction of sp³-hybridized carbons (Fsp3) is 0.412. The predicted molar refractivity (Wildman–Crippen MR) is 94.4 cm³/mol. The SMILES string of the molecule is CC(NC(C)(C)CNC(=O)c1csc(CN)n1)c1ccccc1. The summed E-state index contributed by atoms with van der Waals surface area (Å²) in [5.41, 5.74) is 6.94. The lowest BCUT2D eigenvalue weighted by Gasteiger charge is -2.30. The Balaban J connectivity index is 1.89. The molecule has 6 heteroatoms. The Morgan fingerprint density at radius 3 is 2.65 bits per heavy atom. The van der Waals surface area contributed by atoms with Gasteiger partial charge < -0.3 is 16.4 Å². The van der Waals surface area contributed by atoms with Gasteiger partial charge in [0.1, 0.15) is 10.7 Å². The zero-order chi connectivity index (χ0) is 16.9. The summed E-state index contributed by atoms with van der Waals surface area (Å²) in [7, 11) is 0. The molecule has 5 nitrogen and oxygen atoms in total. The van der Waals surface area contributed by atoms with E-state index in [9.17, 15) is 4.79 Å². The van der Waals surface area contributed by atoms with Crippen LogP contribution in [0.25, 0.3) is 0 Å². The van der Waals surface area contributed by atoms with Gasteiger partial charge in [0.2, 0.25) is 0 Å². The van der Waals surface area contributed by atoms with Crippen molar-refractivity contribution in [2.75, 3.05) is 6.54 Å². The first kappa shape index (κ1) is 17.6. The second-order valence-corrected chi connectivity index (χ2v) is 7.12. The van der Waals surface area contributed by atoms with Gasteiger partial charge in [-0.2, -0.15) is 0 Å².